The second kappa shape index (κ2) is 4.84. The van der Waals surface area contributed by atoms with E-state index in [9.17, 15) is 0 Å². The van der Waals surface area contributed by atoms with E-state index >= 15 is 0 Å². The number of nitrogens with one attached hydrogen (secondary N) is 2. The molecule has 66 valence electrons. The molecule has 0 saturated carbocycles. The van der Waals surface area contributed by atoms with Crippen LogP contribution in [0.4, 0.5) is 0 Å². The maximum Gasteiger partial charge on any atom is 0.0458 e. The van der Waals surface area contributed by atoms with Gasteiger partial charge in [-0.25, -0.2) is 11.0 Å². The standard InChI is InChI=1S/C8H12N2O2/c11-9-5-7-1-2-8(4-3-7)6-10-12/h1-4,9-12H,5-6H2. The Balaban J connectivity index is 2.58. The van der Waals surface area contributed by atoms with Crippen LogP contribution >= 0.6 is 0 Å². The van der Waals surface area contributed by atoms with Crippen molar-refractivity contribution in [2.45, 2.75) is 13.1 Å². The van der Waals surface area contributed by atoms with Crippen LogP contribution in [0.1, 0.15) is 11.1 Å². The van der Waals surface area contributed by atoms with E-state index in [0.29, 0.717) is 13.1 Å². The van der Waals surface area contributed by atoms with Crippen LogP contribution in [0.3, 0.4) is 0 Å². The Kier molecular flexibility index (Phi) is 3.69. The van der Waals surface area contributed by atoms with Crippen LogP contribution in [-0.2, 0) is 13.1 Å². The van der Waals surface area contributed by atoms with Gasteiger partial charge in [0.25, 0.3) is 0 Å². The van der Waals surface area contributed by atoms with Gasteiger partial charge in [0.1, 0.15) is 0 Å². The number of hydroxylamine groups is 2. The molecule has 0 aliphatic rings. The van der Waals surface area contributed by atoms with Crippen molar-refractivity contribution in [2.75, 3.05) is 0 Å². The molecule has 12 heavy (non-hydrogen) atoms. The lowest BCUT2D eigenvalue weighted by atomic mass is 10.1. The summed E-state index contributed by atoms with van der Waals surface area (Å²) >= 11 is 0. The lowest BCUT2D eigenvalue weighted by Gasteiger charge is -2.01. The molecular formula is C8H12N2O2. The van der Waals surface area contributed by atoms with Gasteiger partial charge in [-0.3, -0.25) is 0 Å². The van der Waals surface area contributed by atoms with E-state index in [1.807, 2.05) is 24.3 Å². The molecule has 0 aromatic heterocycles. The highest BCUT2D eigenvalue weighted by molar-refractivity contribution is 5.21. The van der Waals surface area contributed by atoms with Gasteiger partial charge in [0.05, 0.1) is 0 Å². The second-order valence-corrected chi connectivity index (χ2v) is 2.49. The van der Waals surface area contributed by atoms with Gasteiger partial charge in [0, 0.05) is 13.1 Å². The molecule has 0 heterocycles. The molecule has 0 aliphatic heterocycles. The van der Waals surface area contributed by atoms with Gasteiger partial charge in [-0.2, -0.15) is 0 Å². The van der Waals surface area contributed by atoms with Gasteiger partial charge in [-0.05, 0) is 11.1 Å². The molecule has 0 fully saturated rings. The molecule has 0 amide bonds. The average Bonchev–Trinajstić information content (AvgIpc) is 2.09. The summed E-state index contributed by atoms with van der Waals surface area (Å²) in [6, 6.07) is 7.54. The molecule has 1 aromatic carbocycles. The minimum Gasteiger partial charge on any atom is -0.316 e. The summed E-state index contributed by atoms with van der Waals surface area (Å²) < 4.78 is 0. The van der Waals surface area contributed by atoms with Crippen LogP contribution in [0, 0.1) is 0 Å². The zero-order chi connectivity index (χ0) is 8.81. The van der Waals surface area contributed by atoms with Gasteiger partial charge < -0.3 is 10.4 Å². The van der Waals surface area contributed by atoms with Gasteiger partial charge in [-0.1, -0.05) is 24.3 Å². The predicted molar refractivity (Wildman–Crippen MR) is 43.7 cm³/mol. The topological polar surface area (TPSA) is 64.5 Å². The van der Waals surface area contributed by atoms with Gasteiger partial charge in [-0.15, -0.1) is 0 Å². The highest BCUT2D eigenvalue weighted by Crippen LogP contribution is 2.03. The molecule has 1 aromatic rings. The minimum absolute atomic E-state index is 0.437. The lowest BCUT2D eigenvalue weighted by molar-refractivity contribution is 0.160. The molecule has 0 atom stereocenters. The number of hydrogen-bond acceptors (Lipinski definition) is 4. The summed E-state index contributed by atoms with van der Waals surface area (Å²) in [6.07, 6.45) is 0. The summed E-state index contributed by atoms with van der Waals surface area (Å²) in [5, 5.41) is 16.8. The molecule has 1 rings (SSSR count). The monoisotopic (exact) mass is 168 g/mol. The first-order chi connectivity index (χ1) is 5.86. The van der Waals surface area contributed by atoms with E-state index in [2.05, 4.69) is 11.0 Å². The fraction of sp³-hybridized carbons (Fsp3) is 0.250. The number of hydrogen-bond donors (Lipinski definition) is 4. The third-order valence-corrected chi connectivity index (χ3v) is 1.59. The summed E-state index contributed by atoms with van der Waals surface area (Å²) in [6.45, 7) is 0.875. The average molecular weight is 168 g/mol. The first-order valence-electron chi connectivity index (χ1n) is 3.68. The predicted octanol–water partition coefficient (Wildman–Crippen LogP) is 0.644. The smallest absolute Gasteiger partial charge is 0.0458 e. The molecule has 4 heteroatoms. The van der Waals surface area contributed by atoms with Crippen LogP contribution in [0.5, 0.6) is 0 Å². The van der Waals surface area contributed by atoms with Crippen molar-refractivity contribution in [1.29, 1.82) is 0 Å². The number of benzene rings is 1. The van der Waals surface area contributed by atoms with E-state index < -0.39 is 0 Å². The van der Waals surface area contributed by atoms with Crippen LogP contribution < -0.4 is 11.0 Å². The molecular weight excluding hydrogens is 156 g/mol. The number of rotatable bonds is 4. The Morgan fingerprint density at radius 3 is 1.42 bits per heavy atom. The fourth-order valence-electron chi connectivity index (χ4n) is 0.958. The van der Waals surface area contributed by atoms with Gasteiger partial charge in [0.2, 0.25) is 0 Å². The summed E-state index contributed by atoms with van der Waals surface area (Å²) in [4.78, 5) is 0. The normalized spacial score (nSPS) is 10.2. The van der Waals surface area contributed by atoms with E-state index in [1.54, 1.807) is 0 Å². The first-order valence-corrected chi connectivity index (χ1v) is 3.68. The Hall–Kier alpha value is -0.940. The van der Waals surface area contributed by atoms with Crippen molar-refractivity contribution in [3.05, 3.63) is 35.4 Å². The molecule has 0 radical (unpaired) electrons. The summed E-state index contributed by atoms with van der Waals surface area (Å²) in [7, 11) is 0. The van der Waals surface area contributed by atoms with Gasteiger partial charge in [0.15, 0.2) is 0 Å². The van der Waals surface area contributed by atoms with Crippen molar-refractivity contribution in [3.63, 3.8) is 0 Å². The van der Waals surface area contributed by atoms with Crippen molar-refractivity contribution in [1.82, 2.24) is 11.0 Å². The van der Waals surface area contributed by atoms with Crippen molar-refractivity contribution >= 4 is 0 Å². The first kappa shape index (κ1) is 9.15. The minimum atomic E-state index is 0.437. The Labute approximate surface area is 70.8 Å². The Morgan fingerprint density at radius 2 is 1.17 bits per heavy atom. The Bertz CT molecular complexity index is 198. The zero-order valence-corrected chi connectivity index (χ0v) is 6.62. The molecule has 4 nitrogen and oxygen atoms in total. The van der Waals surface area contributed by atoms with Crippen molar-refractivity contribution in [2.24, 2.45) is 0 Å². The molecule has 4 N–H and O–H groups in total. The summed E-state index contributed by atoms with van der Waals surface area (Å²) in [5.41, 5.74) is 6.14. The highest BCUT2D eigenvalue weighted by Gasteiger charge is 1.92. The van der Waals surface area contributed by atoms with Crippen molar-refractivity contribution < 1.29 is 10.4 Å². The fourth-order valence-corrected chi connectivity index (χ4v) is 0.958. The van der Waals surface area contributed by atoms with E-state index in [0.717, 1.165) is 11.1 Å². The molecule has 0 aliphatic carbocycles. The van der Waals surface area contributed by atoms with E-state index in [-0.39, 0.29) is 0 Å². The van der Waals surface area contributed by atoms with Gasteiger partial charge >= 0.3 is 0 Å². The van der Waals surface area contributed by atoms with E-state index in [1.165, 1.54) is 0 Å². The largest absolute Gasteiger partial charge is 0.316 e. The molecule has 0 unspecified atom stereocenters. The zero-order valence-electron chi connectivity index (χ0n) is 6.62. The Morgan fingerprint density at radius 1 is 0.833 bits per heavy atom. The maximum atomic E-state index is 8.39. The van der Waals surface area contributed by atoms with Crippen LogP contribution in [-0.4, -0.2) is 10.4 Å². The lowest BCUT2D eigenvalue weighted by Crippen LogP contribution is -2.08. The second-order valence-electron chi connectivity index (χ2n) is 2.49. The third-order valence-electron chi connectivity index (χ3n) is 1.59. The third kappa shape index (κ3) is 2.60. The molecule has 0 spiro atoms. The van der Waals surface area contributed by atoms with Crippen LogP contribution in [0.2, 0.25) is 0 Å². The van der Waals surface area contributed by atoms with E-state index in [4.69, 9.17) is 10.4 Å². The summed E-state index contributed by atoms with van der Waals surface area (Å²) in [5.74, 6) is 0. The SMILES string of the molecule is ONCc1ccc(CNO)cc1. The molecule has 0 bridgehead atoms. The van der Waals surface area contributed by atoms with Crippen LogP contribution in [0.15, 0.2) is 24.3 Å². The van der Waals surface area contributed by atoms with Crippen molar-refractivity contribution in [3.8, 4) is 0 Å². The molecule has 0 saturated heterocycles. The highest BCUT2D eigenvalue weighted by atomic mass is 16.5. The quantitative estimate of drug-likeness (QED) is 0.498. The van der Waals surface area contributed by atoms with Crippen LogP contribution in [0.25, 0.3) is 0 Å². The maximum absolute atomic E-state index is 8.39.